The van der Waals surface area contributed by atoms with Gasteiger partial charge in [0.1, 0.15) is 11.3 Å². The zero-order chi connectivity index (χ0) is 19.3. The average molecular weight is 366 g/mol. The van der Waals surface area contributed by atoms with Gasteiger partial charge in [-0.05, 0) is 69.9 Å². The van der Waals surface area contributed by atoms with Crippen molar-refractivity contribution in [3.63, 3.8) is 0 Å². The predicted octanol–water partition coefficient (Wildman–Crippen LogP) is 3.92. The van der Waals surface area contributed by atoms with Gasteiger partial charge < -0.3 is 14.6 Å². The lowest BCUT2D eigenvalue weighted by Gasteiger charge is -2.31. The highest BCUT2D eigenvalue weighted by Gasteiger charge is 2.32. The lowest BCUT2D eigenvalue weighted by atomic mass is 9.99. The fraction of sp³-hybridized carbons (Fsp3) is 0.476. The number of imidazole rings is 1. The molecule has 6 heteroatoms. The summed E-state index contributed by atoms with van der Waals surface area (Å²) in [4.78, 5) is 27.1. The molecule has 0 saturated carbocycles. The lowest BCUT2D eigenvalue weighted by Crippen LogP contribution is -2.41. The topological polar surface area (TPSA) is 70.6 Å². The van der Waals surface area contributed by atoms with Crippen molar-refractivity contribution in [3.05, 3.63) is 40.2 Å². The summed E-state index contributed by atoms with van der Waals surface area (Å²) in [5, 5.41) is 0. The van der Waals surface area contributed by atoms with Crippen molar-refractivity contribution in [2.45, 2.75) is 46.6 Å². The van der Waals surface area contributed by atoms with Crippen LogP contribution in [-0.2, 0) is 4.74 Å². The minimum Gasteiger partial charge on any atom is -0.444 e. The number of fused-ring (bicyclic) bond motifs is 1. The predicted molar refractivity (Wildman–Crippen MR) is 106 cm³/mol. The molecule has 0 unspecified atom stereocenters. The van der Waals surface area contributed by atoms with E-state index in [0.29, 0.717) is 19.6 Å². The summed E-state index contributed by atoms with van der Waals surface area (Å²) >= 11 is 0. The number of hydrogen-bond donors (Lipinski definition) is 1. The molecule has 4 rings (SSSR count). The zero-order valence-electron chi connectivity index (χ0n) is 16.6. The summed E-state index contributed by atoms with van der Waals surface area (Å²) < 4.78 is 5.54. The number of hydrogen-bond acceptors (Lipinski definition) is 4. The van der Waals surface area contributed by atoms with E-state index in [4.69, 9.17) is 14.7 Å². The quantitative estimate of drug-likeness (QED) is 0.831. The molecule has 1 N–H and O–H groups in total. The first-order valence-electron chi connectivity index (χ1n) is 9.42. The molecular weight excluding hydrogens is 340 g/mol. The largest absolute Gasteiger partial charge is 0.444 e. The Morgan fingerprint density at radius 2 is 1.96 bits per heavy atom. The van der Waals surface area contributed by atoms with Crippen molar-refractivity contribution in [3.8, 4) is 0 Å². The second-order valence-corrected chi connectivity index (χ2v) is 8.44. The summed E-state index contributed by atoms with van der Waals surface area (Å²) in [6.45, 7) is 11.8. The fourth-order valence-electron chi connectivity index (χ4n) is 3.57. The lowest BCUT2D eigenvalue weighted by molar-refractivity contribution is 0.0263. The molecule has 2 aliphatic heterocycles. The van der Waals surface area contributed by atoms with Gasteiger partial charge in [0, 0.05) is 12.1 Å². The Morgan fingerprint density at radius 3 is 2.70 bits per heavy atom. The minimum absolute atomic E-state index is 0.267. The van der Waals surface area contributed by atoms with Crippen LogP contribution in [0.25, 0.3) is 11.0 Å². The van der Waals surface area contributed by atoms with Crippen LogP contribution in [0.15, 0.2) is 28.3 Å². The Hall–Kier alpha value is -2.63. The zero-order valence-corrected chi connectivity index (χ0v) is 16.6. The van der Waals surface area contributed by atoms with E-state index in [1.54, 1.807) is 4.90 Å². The highest BCUT2D eigenvalue weighted by molar-refractivity contribution is 6.14. The molecule has 0 aliphatic carbocycles. The molecule has 0 spiro atoms. The normalized spacial score (nSPS) is 17.4. The van der Waals surface area contributed by atoms with Crippen LogP contribution in [0.3, 0.4) is 0 Å². The van der Waals surface area contributed by atoms with Gasteiger partial charge in [0.2, 0.25) is 0 Å². The number of ether oxygens (including phenoxy) is 1. The van der Waals surface area contributed by atoms with Crippen LogP contribution in [0.1, 0.15) is 44.1 Å². The van der Waals surface area contributed by atoms with Gasteiger partial charge in [-0.2, -0.15) is 0 Å². The maximum absolute atomic E-state index is 12.5. The molecule has 142 valence electrons. The monoisotopic (exact) mass is 366 g/mol. The van der Waals surface area contributed by atoms with Crippen molar-refractivity contribution >= 4 is 22.8 Å². The standard InChI is InChI=1S/C21H26N4O2/c1-12-8-16-17(9-13(12)2)24-19(23-16)18-15-11-25(7-6-14(15)10-22-18)20(26)27-21(3,4)5/h8-9H,6-7,10-11H2,1-5H3,(H,23,24). The van der Waals surface area contributed by atoms with Crippen molar-refractivity contribution < 1.29 is 9.53 Å². The van der Waals surface area contributed by atoms with Gasteiger partial charge in [0.15, 0.2) is 5.82 Å². The number of rotatable bonds is 1. The smallest absolute Gasteiger partial charge is 0.410 e. The van der Waals surface area contributed by atoms with E-state index in [1.807, 2.05) is 20.8 Å². The second kappa shape index (κ2) is 6.22. The van der Waals surface area contributed by atoms with Crippen molar-refractivity contribution in [1.82, 2.24) is 14.9 Å². The first kappa shape index (κ1) is 17.8. The summed E-state index contributed by atoms with van der Waals surface area (Å²) in [5.74, 6) is 0.783. The number of aromatic nitrogens is 2. The molecule has 6 nitrogen and oxygen atoms in total. The number of H-pyrrole nitrogens is 1. The van der Waals surface area contributed by atoms with Gasteiger partial charge in [-0.1, -0.05) is 0 Å². The maximum Gasteiger partial charge on any atom is 0.410 e. The number of aryl methyl sites for hydroxylation is 2. The number of aliphatic imine (C=N–C) groups is 1. The number of benzene rings is 1. The molecule has 2 aromatic rings. The van der Waals surface area contributed by atoms with Gasteiger partial charge in [-0.3, -0.25) is 4.99 Å². The number of nitrogens with zero attached hydrogens (tertiary/aromatic N) is 3. The van der Waals surface area contributed by atoms with Gasteiger partial charge >= 0.3 is 6.09 Å². The number of carbonyl (C=O) groups is 1. The van der Waals surface area contributed by atoms with Gasteiger partial charge in [0.25, 0.3) is 0 Å². The summed E-state index contributed by atoms with van der Waals surface area (Å²) in [6, 6.07) is 4.23. The molecule has 0 fully saturated rings. The first-order chi connectivity index (χ1) is 12.7. The third-order valence-corrected chi connectivity index (χ3v) is 5.15. The number of carbonyl (C=O) groups excluding carboxylic acids is 1. The van der Waals surface area contributed by atoms with Crippen LogP contribution in [0, 0.1) is 13.8 Å². The van der Waals surface area contributed by atoms with Gasteiger partial charge in [-0.25, -0.2) is 9.78 Å². The Labute approximate surface area is 159 Å². The van der Waals surface area contributed by atoms with E-state index in [9.17, 15) is 4.79 Å². The number of aromatic amines is 1. The maximum atomic E-state index is 12.5. The van der Waals surface area contributed by atoms with Crippen LogP contribution < -0.4 is 0 Å². The highest BCUT2D eigenvalue weighted by Crippen LogP contribution is 2.29. The van der Waals surface area contributed by atoms with E-state index in [1.165, 1.54) is 16.7 Å². The molecule has 1 aromatic heterocycles. The summed E-state index contributed by atoms with van der Waals surface area (Å²) in [6.07, 6.45) is 0.566. The molecule has 0 bridgehead atoms. The van der Waals surface area contributed by atoms with Gasteiger partial charge in [0.05, 0.1) is 24.1 Å². The third-order valence-electron chi connectivity index (χ3n) is 5.15. The highest BCUT2D eigenvalue weighted by atomic mass is 16.6. The first-order valence-corrected chi connectivity index (χ1v) is 9.42. The van der Waals surface area contributed by atoms with Crippen LogP contribution in [0.5, 0.6) is 0 Å². The Kier molecular flexibility index (Phi) is 4.09. The average Bonchev–Trinajstić information content (AvgIpc) is 3.16. The summed E-state index contributed by atoms with van der Waals surface area (Å²) in [7, 11) is 0. The second-order valence-electron chi connectivity index (χ2n) is 8.44. The SMILES string of the molecule is Cc1cc2nc(C3=NCC4=C3CN(C(=O)OC(C)(C)C)CC4)[nH]c2cc1C. The fourth-order valence-corrected chi connectivity index (χ4v) is 3.57. The number of amides is 1. The van der Waals surface area contributed by atoms with E-state index >= 15 is 0 Å². The molecule has 0 atom stereocenters. The van der Waals surface area contributed by atoms with Crippen LogP contribution >= 0.6 is 0 Å². The molecule has 1 aromatic carbocycles. The Morgan fingerprint density at radius 1 is 1.22 bits per heavy atom. The molecule has 3 heterocycles. The van der Waals surface area contributed by atoms with E-state index in [2.05, 4.69) is 31.0 Å². The minimum atomic E-state index is -0.493. The summed E-state index contributed by atoms with van der Waals surface area (Å²) in [5.41, 5.74) is 7.23. The molecule has 0 radical (unpaired) electrons. The number of nitrogens with one attached hydrogen (secondary N) is 1. The van der Waals surface area contributed by atoms with Crippen LogP contribution in [0.2, 0.25) is 0 Å². The van der Waals surface area contributed by atoms with E-state index in [-0.39, 0.29) is 6.09 Å². The molecule has 1 amide bonds. The van der Waals surface area contributed by atoms with Crippen LogP contribution in [0.4, 0.5) is 4.79 Å². The van der Waals surface area contributed by atoms with E-state index < -0.39 is 5.60 Å². The van der Waals surface area contributed by atoms with Crippen molar-refractivity contribution in [1.29, 1.82) is 0 Å². The third kappa shape index (κ3) is 3.36. The molecule has 2 aliphatic rings. The van der Waals surface area contributed by atoms with Crippen molar-refractivity contribution in [2.75, 3.05) is 19.6 Å². The molecule has 27 heavy (non-hydrogen) atoms. The van der Waals surface area contributed by atoms with Gasteiger partial charge in [-0.15, -0.1) is 0 Å². The Balaban J connectivity index is 1.61. The molecular formula is C21H26N4O2. The Bertz CT molecular complexity index is 953. The molecule has 0 saturated heterocycles. The van der Waals surface area contributed by atoms with Crippen molar-refractivity contribution in [2.24, 2.45) is 4.99 Å². The van der Waals surface area contributed by atoms with Crippen LogP contribution in [-0.4, -0.2) is 51.9 Å². The van der Waals surface area contributed by atoms with E-state index in [0.717, 1.165) is 34.6 Å².